The lowest BCUT2D eigenvalue weighted by molar-refractivity contribution is -0.150. The fraction of sp³-hybridized carbons (Fsp3) is 0.385. The van der Waals surface area contributed by atoms with E-state index >= 15 is 0 Å². The SMILES string of the molecule is COC(=O)C1(/N=N/c2cccc(F)c2Br)CCCC1=O. The quantitative estimate of drug-likeness (QED) is 0.480. The number of hydrogen-bond donors (Lipinski definition) is 0. The number of carbonyl (C=O) groups is 2. The zero-order valence-corrected chi connectivity index (χ0v) is 12.3. The molecular weight excluding hydrogens is 331 g/mol. The van der Waals surface area contributed by atoms with Gasteiger partial charge in [-0.2, -0.15) is 10.2 Å². The van der Waals surface area contributed by atoms with Gasteiger partial charge in [0.1, 0.15) is 11.5 Å². The monoisotopic (exact) mass is 342 g/mol. The molecule has 20 heavy (non-hydrogen) atoms. The van der Waals surface area contributed by atoms with Gasteiger partial charge < -0.3 is 4.74 Å². The minimum absolute atomic E-state index is 0.134. The summed E-state index contributed by atoms with van der Waals surface area (Å²) in [5.41, 5.74) is -1.37. The molecule has 1 aliphatic carbocycles. The van der Waals surface area contributed by atoms with E-state index in [0.29, 0.717) is 6.42 Å². The van der Waals surface area contributed by atoms with Crippen molar-refractivity contribution in [1.29, 1.82) is 0 Å². The van der Waals surface area contributed by atoms with Crippen molar-refractivity contribution in [3.8, 4) is 0 Å². The number of hydrogen-bond acceptors (Lipinski definition) is 5. The van der Waals surface area contributed by atoms with Gasteiger partial charge in [0.2, 0.25) is 5.54 Å². The molecule has 7 heteroatoms. The Morgan fingerprint density at radius 2 is 2.25 bits per heavy atom. The lowest BCUT2D eigenvalue weighted by atomic mass is 9.98. The number of halogens is 2. The van der Waals surface area contributed by atoms with Crippen LogP contribution in [-0.2, 0) is 14.3 Å². The van der Waals surface area contributed by atoms with Gasteiger partial charge in [-0.15, -0.1) is 0 Å². The number of rotatable bonds is 3. The van der Waals surface area contributed by atoms with E-state index in [4.69, 9.17) is 0 Å². The van der Waals surface area contributed by atoms with E-state index in [9.17, 15) is 14.0 Å². The molecule has 1 aliphatic rings. The summed E-state index contributed by atoms with van der Waals surface area (Å²) >= 11 is 3.05. The number of azo groups is 1. The predicted octanol–water partition coefficient (Wildman–Crippen LogP) is 3.34. The fourth-order valence-corrected chi connectivity index (χ4v) is 2.43. The Kier molecular flexibility index (Phi) is 4.27. The third-order valence-corrected chi connectivity index (χ3v) is 3.97. The third kappa shape index (κ3) is 2.49. The number of carbonyl (C=O) groups excluding carboxylic acids is 2. The molecule has 1 saturated carbocycles. The molecule has 2 rings (SSSR count). The molecule has 1 atom stereocenters. The molecule has 0 N–H and O–H groups in total. The summed E-state index contributed by atoms with van der Waals surface area (Å²) in [6, 6.07) is 4.26. The summed E-state index contributed by atoms with van der Waals surface area (Å²) < 4.78 is 18.2. The Morgan fingerprint density at radius 3 is 2.85 bits per heavy atom. The highest BCUT2D eigenvalue weighted by atomic mass is 79.9. The van der Waals surface area contributed by atoms with E-state index in [1.54, 1.807) is 0 Å². The molecule has 0 bridgehead atoms. The number of ketones is 1. The fourth-order valence-electron chi connectivity index (χ4n) is 2.09. The van der Waals surface area contributed by atoms with E-state index in [-0.39, 0.29) is 28.8 Å². The van der Waals surface area contributed by atoms with Crippen LogP contribution >= 0.6 is 15.9 Å². The maximum atomic E-state index is 13.4. The molecule has 0 heterocycles. The molecule has 1 fully saturated rings. The van der Waals surface area contributed by atoms with Crippen molar-refractivity contribution < 1.29 is 18.7 Å². The molecule has 106 valence electrons. The van der Waals surface area contributed by atoms with E-state index < -0.39 is 17.3 Å². The number of methoxy groups -OCH3 is 1. The molecule has 1 aromatic rings. The first kappa shape index (κ1) is 14.8. The smallest absolute Gasteiger partial charge is 0.343 e. The van der Waals surface area contributed by atoms with Crippen LogP contribution in [-0.4, -0.2) is 24.4 Å². The van der Waals surface area contributed by atoms with E-state index in [1.165, 1.54) is 25.3 Å². The number of benzene rings is 1. The minimum Gasteiger partial charge on any atom is -0.467 e. The van der Waals surface area contributed by atoms with Crippen LogP contribution < -0.4 is 0 Å². The third-order valence-electron chi connectivity index (χ3n) is 3.19. The number of esters is 1. The van der Waals surface area contributed by atoms with Crippen LogP contribution in [0.2, 0.25) is 0 Å². The topological polar surface area (TPSA) is 68.1 Å². The Hall–Kier alpha value is -1.63. The maximum Gasteiger partial charge on any atom is 0.343 e. The van der Waals surface area contributed by atoms with Crippen molar-refractivity contribution in [2.75, 3.05) is 7.11 Å². The first-order chi connectivity index (χ1) is 9.51. The highest BCUT2D eigenvalue weighted by Gasteiger charge is 2.50. The summed E-state index contributed by atoms with van der Waals surface area (Å²) in [5, 5.41) is 7.74. The Balaban J connectivity index is 2.38. The number of ether oxygens (including phenoxy) is 1. The van der Waals surface area contributed by atoms with Gasteiger partial charge in [0, 0.05) is 6.42 Å². The van der Waals surface area contributed by atoms with Crippen LogP contribution in [0.1, 0.15) is 19.3 Å². The minimum atomic E-state index is -1.58. The van der Waals surface area contributed by atoms with Gasteiger partial charge >= 0.3 is 5.97 Å². The van der Waals surface area contributed by atoms with Crippen molar-refractivity contribution in [3.63, 3.8) is 0 Å². The molecule has 1 aromatic carbocycles. The van der Waals surface area contributed by atoms with E-state index in [1.807, 2.05) is 0 Å². The van der Waals surface area contributed by atoms with E-state index in [0.717, 1.165) is 0 Å². The summed E-state index contributed by atoms with van der Waals surface area (Å²) in [5.74, 6) is -1.54. The molecule has 0 amide bonds. The second kappa shape index (κ2) is 5.78. The van der Waals surface area contributed by atoms with Crippen LogP contribution in [0.3, 0.4) is 0 Å². The average Bonchev–Trinajstić information content (AvgIpc) is 2.82. The lowest BCUT2D eigenvalue weighted by Crippen LogP contribution is -2.41. The first-order valence-electron chi connectivity index (χ1n) is 6.00. The molecule has 0 aromatic heterocycles. The molecular formula is C13H12BrFN2O3. The van der Waals surface area contributed by atoms with Crippen molar-refractivity contribution in [1.82, 2.24) is 0 Å². The Labute approximate surface area is 123 Å². The zero-order valence-electron chi connectivity index (χ0n) is 10.7. The standard InChI is InChI=1S/C13H12BrFN2O3/c1-20-12(19)13(7-3-6-10(13)18)17-16-9-5-2-4-8(15)11(9)14/h2,4-5H,3,6-7H2,1H3/b17-16+. The number of Topliss-reactive ketones (excluding diaryl/α,β-unsaturated/α-hetero) is 1. The van der Waals surface area contributed by atoms with Crippen LogP contribution in [0.5, 0.6) is 0 Å². The molecule has 0 radical (unpaired) electrons. The van der Waals surface area contributed by atoms with Crippen molar-refractivity contribution >= 4 is 33.4 Å². The van der Waals surface area contributed by atoms with Crippen LogP contribution in [0.15, 0.2) is 32.9 Å². The molecule has 5 nitrogen and oxygen atoms in total. The van der Waals surface area contributed by atoms with Gasteiger partial charge in [0.25, 0.3) is 0 Å². The van der Waals surface area contributed by atoms with Gasteiger partial charge in [0.05, 0.1) is 11.6 Å². The highest BCUT2D eigenvalue weighted by molar-refractivity contribution is 9.10. The second-order valence-corrected chi connectivity index (χ2v) is 5.19. The number of nitrogens with zero attached hydrogens (tertiary/aromatic N) is 2. The van der Waals surface area contributed by atoms with Gasteiger partial charge in [-0.1, -0.05) is 6.07 Å². The summed E-state index contributed by atoms with van der Waals surface area (Å²) in [7, 11) is 1.20. The second-order valence-electron chi connectivity index (χ2n) is 4.40. The van der Waals surface area contributed by atoms with Gasteiger partial charge in [-0.25, -0.2) is 9.18 Å². The zero-order chi connectivity index (χ0) is 14.8. The Bertz CT molecular complexity index is 591. The lowest BCUT2D eigenvalue weighted by Gasteiger charge is -2.17. The van der Waals surface area contributed by atoms with Gasteiger partial charge in [0.15, 0.2) is 5.78 Å². The summed E-state index contributed by atoms with van der Waals surface area (Å²) in [4.78, 5) is 23.8. The maximum absolute atomic E-state index is 13.4. The Morgan fingerprint density at radius 1 is 1.50 bits per heavy atom. The van der Waals surface area contributed by atoms with Crippen LogP contribution in [0, 0.1) is 5.82 Å². The normalized spacial score (nSPS) is 22.4. The van der Waals surface area contributed by atoms with Crippen LogP contribution in [0.4, 0.5) is 10.1 Å². The van der Waals surface area contributed by atoms with Gasteiger partial charge in [-0.3, -0.25) is 4.79 Å². The molecule has 0 saturated heterocycles. The van der Waals surface area contributed by atoms with Crippen molar-refractivity contribution in [2.45, 2.75) is 24.8 Å². The molecule has 1 unspecified atom stereocenters. The highest BCUT2D eigenvalue weighted by Crippen LogP contribution is 2.34. The largest absolute Gasteiger partial charge is 0.467 e. The molecule has 0 aliphatic heterocycles. The van der Waals surface area contributed by atoms with Gasteiger partial charge in [-0.05, 0) is 40.9 Å². The van der Waals surface area contributed by atoms with Crippen LogP contribution in [0.25, 0.3) is 0 Å². The first-order valence-corrected chi connectivity index (χ1v) is 6.79. The van der Waals surface area contributed by atoms with Crippen molar-refractivity contribution in [2.24, 2.45) is 10.2 Å². The summed E-state index contributed by atoms with van der Waals surface area (Å²) in [6.45, 7) is 0. The summed E-state index contributed by atoms with van der Waals surface area (Å²) in [6.07, 6.45) is 1.07. The van der Waals surface area contributed by atoms with E-state index in [2.05, 4.69) is 30.9 Å². The molecule has 0 spiro atoms. The predicted molar refractivity (Wildman–Crippen MR) is 72.2 cm³/mol. The van der Waals surface area contributed by atoms with Crippen molar-refractivity contribution in [3.05, 3.63) is 28.5 Å². The average molecular weight is 343 g/mol.